The number of carbonyl (C=O) groups excluding carboxylic acids is 2. The van der Waals surface area contributed by atoms with Gasteiger partial charge in [-0.15, -0.1) is 0 Å². The number of amides is 1. The minimum absolute atomic E-state index is 0.207. The number of ether oxygens (including phenoxy) is 2. The summed E-state index contributed by atoms with van der Waals surface area (Å²) in [5, 5.41) is 0.916. The van der Waals surface area contributed by atoms with Gasteiger partial charge in [0.1, 0.15) is 5.75 Å². The summed E-state index contributed by atoms with van der Waals surface area (Å²) in [6, 6.07) is 16.2. The number of carbonyl (C=O) groups is 2. The van der Waals surface area contributed by atoms with Crippen molar-refractivity contribution in [2.45, 2.75) is 12.0 Å². The fourth-order valence-electron chi connectivity index (χ4n) is 2.75. The second kappa shape index (κ2) is 6.23. The molecule has 2 aromatic rings. The fourth-order valence-corrected chi connectivity index (χ4v) is 2.75. The molecule has 1 atom stereocenters. The molecular weight excluding hydrogens is 310 g/mol. The quantitative estimate of drug-likeness (QED) is 0.808. The van der Waals surface area contributed by atoms with Crippen LogP contribution in [0.25, 0.3) is 0 Å². The number of likely N-dealkylation sites (N-methyl/N-ethyl adjacent to an activating group) is 1. The van der Waals surface area contributed by atoms with Gasteiger partial charge < -0.3 is 14.3 Å². The molecule has 1 amide bonds. The number of nitrogens with zero attached hydrogens (tertiary/aromatic N) is 1. The third-order valence-electron chi connectivity index (χ3n) is 3.95. The van der Waals surface area contributed by atoms with Crippen LogP contribution in [-0.4, -0.2) is 31.3 Å². The van der Waals surface area contributed by atoms with Crippen LogP contribution in [0.2, 0.25) is 0 Å². The van der Waals surface area contributed by atoms with Gasteiger partial charge >= 0.3 is 12.1 Å². The van der Waals surface area contributed by atoms with Gasteiger partial charge in [0, 0.05) is 19.0 Å². The van der Waals surface area contributed by atoms with Gasteiger partial charge in [0.25, 0.3) is 0 Å². The van der Waals surface area contributed by atoms with E-state index in [0.717, 1.165) is 10.6 Å². The van der Waals surface area contributed by atoms with E-state index >= 15 is 0 Å². The standard InChI is InChI=1S/C18H17NO5/c1-19-16(20)18(23-17(21)24-19,12-13-6-4-3-5-7-13)14-8-10-15(22-2)11-9-14/h3-11H,12H2,1-2H3. The number of hydroxylamine groups is 2. The van der Waals surface area contributed by atoms with Crippen LogP contribution in [0.15, 0.2) is 54.6 Å². The molecule has 124 valence electrons. The number of hydrogen-bond donors (Lipinski definition) is 0. The summed E-state index contributed by atoms with van der Waals surface area (Å²) in [7, 11) is 2.95. The molecule has 0 bridgehead atoms. The van der Waals surface area contributed by atoms with Crippen LogP contribution >= 0.6 is 0 Å². The topological polar surface area (TPSA) is 65.1 Å². The van der Waals surface area contributed by atoms with Crippen LogP contribution in [0.5, 0.6) is 5.75 Å². The lowest BCUT2D eigenvalue weighted by atomic mass is 9.85. The Labute approximate surface area is 139 Å². The molecule has 6 heteroatoms. The number of benzene rings is 2. The zero-order valence-electron chi connectivity index (χ0n) is 13.4. The van der Waals surface area contributed by atoms with Gasteiger partial charge in [0.2, 0.25) is 5.60 Å². The van der Waals surface area contributed by atoms with Gasteiger partial charge in [-0.3, -0.25) is 4.79 Å². The van der Waals surface area contributed by atoms with E-state index in [9.17, 15) is 9.59 Å². The Bertz CT molecular complexity index is 744. The van der Waals surface area contributed by atoms with Crippen molar-refractivity contribution in [1.82, 2.24) is 5.06 Å². The maximum Gasteiger partial charge on any atom is 0.534 e. The van der Waals surface area contributed by atoms with E-state index in [4.69, 9.17) is 14.3 Å². The van der Waals surface area contributed by atoms with Crippen molar-refractivity contribution in [2.75, 3.05) is 14.2 Å². The third kappa shape index (κ3) is 2.78. The Morgan fingerprint density at radius 2 is 1.71 bits per heavy atom. The molecule has 1 aliphatic heterocycles. The number of rotatable bonds is 4. The minimum atomic E-state index is -1.47. The Morgan fingerprint density at radius 3 is 2.33 bits per heavy atom. The molecule has 1 heterocycles. The normalized spacial score (nSPS) is 20.3. The molecule has 0 N–H and O–H groups in total. The molecule has 6 nitrogen and oxygen atoms in total. The zero-order valence-corrected chi connectivity index (χ0v) is 13.4. The van der Waals surface area contributed by atoms with Gasteiger partial charge in [-0.05, 0) is 17.7 Å². The Morgan fingerprint density at radius 1 is 1.04 bits per heavy atom. The molecule has 24 heavy (non-hydrogen) atoms. The second-order valence-corrected chi connectivity index (χ2v) is 5.46. The first-order valence-electron chi connectivity index (χ1n) is 7.43. The van der Waals surface area contributed by atoms with Gasteiger partial charge in [-0.2, -0.15) is 5.06 Å². The highest BCUT2D eigenvalue weighted by Gasteiger charge is 2.51. The molecule has 2 aromatic carbocycles. The number of methoxy groups -OCH3 is 1. The van der Waals surface area contributed by atoms with Gasteiger partial charge in [-0.1, -0.05) is 42.5 Å². The lowest BCUT2D eigenvalue weighted by molar-refractivity contribution is -0.216. The highest BCUT2D eigenvalue weighted by molar-refractivity contribution is 5.90. The minimum Gasteiger partial charge on any atom is -0.497 e. The first-order chi connectivity index (χ1) is 11.5. The summed E-state index contributed by atoms with van der Waals surface area (Å²) in [4.78, 5) is 29.5. The molecule has 1 aliphatic rings. The van der Waals surface area contributed by atoms with Crippen LogP contribution in [-0.2, 0) is 26.4 Å². The van der Waals surface area contributed by atoms with E-state index in [1.54, 1.807) is 31.4 Å². The molecule has 0 radical (unpaired) electrons. The van der Waals surface area contributed by atoms with Crippen LogP contribution in [0.1, 0.15) is 11.1 Å². The van der Waals surface area contributed by atoms with Crippen molar-refractivity contribution in [3.8, 4) is 5.75 Å². The summed E-state index contributed by atoms with van der Waals surface area (Å²) in [6.07, 6.45) is -0.706. The van der Waals surface area contributed by atoms with Crippen molar-refractivity contribution >= 4 is 12.1 Å². The van der Waals surface area contributed by atoms with Crippen LogP contribution < -0.4 is 4.74 Å². The van der Waals surface area contributed by atoms with E-state index in [1.165, 1.54) is 7.05 Å². The lowest BCUT2D eigenvalue weighted by Crippen LogP contribution is -2.55. The summed E-state index contributed by atoms with van der Waals surface area (Å²) in [5.41, 5.74) is -0.0528. The predicted octanol–water partition coefficient (Wildman–Crippen LogP) is 2.67. The summed E-state index contributed by atoms with van der Waals surface area (Å²) < 4.78 is 10.6. The monoisotopic (exact) mass is 327 g/mol. The van der Waals surface area contributed by atoms with Crippen LogP contribution in [0, 0.1) is 0 Å². The molecular formula is C18H17NO5. The molecule has 0 spiro atoms. The van der Waals surface area contributed by atoms with Gasteiger partial charge in [0.15, 0.2) is 0 Å². The predicted molar refractivity (Wildman–Crippen MR) is 85.2 cm³/mol. The fraction of sp³-hybridized carbons (Fsp3) is 0.222. The molecule has 1 saturated heterocycles. The van der Waals surface area contributed by atoms with Gasteiger partial charge in [0.05, 0.1) is 7.11 Å². The number of cyclic esters (lactones) is 1. The second-order valence-electron chi connectivity index (χ2n) is 5.46. The van der Waals surface area contributed by atoms with Gasteiger partial charge in [-0.25, -0.2) is 4.79 Å². The van der Waals surface area contributed by atoms with Crippen molar-refractivity contribution in [3.05, 3.63) is 65.7 Å². The molecule has 1 unspecified atom stereocenters. The highest BCUT2D eigenvalue weighted by atomic mass is 16.8. The Kier molecular flexibility index (Phi) is 4.12. The smallest absolute Gasteiger partial charge is 0.497 e. The van der Waals surface area contributed by atoms with Crippen molar-refractivity contribution in [2.24, 2.45) is 0 Å². The van der Waals surface area contributed by atoms with E-state index in [1.807, 2.05) is 30.3 Å². The summed E-state index contributed by atoms with van der Waals surface area (Å²) in [5.74, 6) is 0.198. The van der Waals surface area contributed by atoms with Crippen LogP contribution in [0.3, 0.4) is 0 Å². The largest absolute Gasteiger partial charge is 0.534 e. The molecule has 0 saturated carbocycles. The molecule has 0 aliphatic carbocycles. The van der Waals surface area contributed by atoms with E-state index < -0.39 is 17.7 Å². The van der Waals surface area contributed by atoms with Crippen molar-refractivity contribution in [1.29, 1.82) is 0 Å². The number of hydrogen-bond acceptors (Lipinski definition) is 5. The first-order valence-corrected chi connectivity index (χ1v) is 7.43. The third-order valence-corrected chi connectivity index (χ3v) is 3.95. The average molecular weight is 327 g/mol. The zero-order chi connectivity index (χ0) is 17.2. The Hall–Kier alpha value is -3.02. The van der Waals surface area contributed by atoms with Crippen LogP contribution in [0.4, 0.5) is 4.79 Å². The van der Waals surface area contributed by atoms with E-state index in [-0.39, 0.29) is 6.42 Å². The lowest BCUT2D eigenvalue weighted by Gasteiger charge is -2.38. The SMILES string of the molecule is COc1ccc(C2(Cc3ccccc3)OC(=O)ON(C)C2=O)cc1. The molecule has 3 rings (SSSR count). The summed E-state index contributed by atoms with van der Waals surface area (Å²) in [6.45, 7) is 0. The highest BCUT2D eigenvalue weighted by Crippen LogP contribution is 2.36. The maximum absolute atomic E-state index is 12.8. The average Bonchev–Trinajstić information content (AvgIpc) is 2.60. The first kappa shape index (κ1) is 15.9. The van der Waals surface area contributed by atoms with Crippen molar-refractivity contribution in [3.63, 3.8) is 0 Å². The van der Waals surface area contributed by atoms with E-state index in [0.29, 0.717) is 11.3 Å². The molecule has 1 fully saturated rings. The van der Waals surface area contributed by atoms with Crippen molar-refractivity contribution < 1.29 is 23.9 Å². The molecule has 0 aromatic heterocycles. The summed E-state index contributed by atoms with van der Waals surface area (Å²) >= 11 is 0. The Balaban J connectivity index is 2.08. The maximum atomic E-state index is 12.8. The van der Waals surface area contributed by atoms with E-state index in [2.05, 4.69) is 0 Å².